The van der Waals surface area contributed by atoms with Gasteiger partial charge in [0, 0.05) is 12.0 Å². The van der Waals surface area contributed by atoms with Crippen LogP contribution in [0, 0.1) is 11.3 Å². The Morgan fingerprint density at radius 2 is 2.06 bits per heavy atom. The number of nitrogens with one attached hydrogen (secondary N) is 1. The minimum atomic E-state index is 0.0272. The van der Waals surface area contributed by atoms with Crippen LogP contribution in [0.5, 0.6) is 0 Å². The Hall–Kier alpha value is -0.0800. The molecule has 1 aliphatic heterocycles. The maximum atomic E-state index is 6.18. The van der Waals surface area contributed by atoms with Gasteiger partial charge in [-0.2, -0.15) is 0 Å². The smallest absolute Gasteiger partial charge is 0.119 e. The zero-order valence-corrected chi connectivity index (χ0v) is 11.1. The molecule has 0 bridgehead atoms. The molecule has 0 aromatic rings. The second-order valence-electron chi connectivity index (χ2n) is 6.51. The van der Waals surface area contributed by atoms with Gasteiger partial charge in [-0.05, 0) is 31.6 Å². The minimum absolute atomic E-state index is 0.0272. The van der Waals surface area contributed by atoms with Crippen LogP contribution in [0.4, 0.5) is 0 Å². The predicted octanol–water partition coefficient (Wildman–Crippen LogP) is 3.32. The van der Waals surface area contributed by atoms with Crippen LogP contribution >= 0.6 is 0 Å². The Labute approximate surface area is 100 Å². The van der Waals surface area contributed by atoms with Crippen molar-refractivity contribution < 1.29 is 4.74 Å². The molecule has 1 spiro atoms. The topological polar surface area (TPSA) is 21.3 Å². The van der Waals surface area contributed by atoms with Gasteiger partial charge in [-0.15, -0.1) is 0 Å². The molecule has 2 fully saturated rings. The molecule has 0 amide bonds. The van der Waals surface area contributed by atoms with Gasteiger partial charge in [0.2, 0.25) is 0 Å². The van der Waals surface area contributed by atoms with E-state index in [4.69, 9.17) is 4.74 Å². The highest BCUT2D eigenvalue weighted by molar-refractivity contribution is 4.89. The van der Waals surface area contributed by atoms with Crippen LogP contribution in [-0.2, 0) is 4.74 Å². The summed E-state index contributed by atoms with van der Waals surface area (Å²) in [6.07, 6.45) is 7.81. The molecule has 2 aliphatic rings. The highest BCUT2D eigenvalue weighted by atomic mass is 16.5. The lowest BCUT2D eigenvalue weighted by molar-refractivity contribution is -0.144. The third kappa shape index (κ3) is 2.78. The Balaban J connectivity index is 1.94. The quantitative estimate of drug-likeness (QED) is 0.739. The van der Waals surface area contributed by atoms with Gasteiger partial charge in [-0.1, -0.05) is 33.6 Å². The van der Waals surface area contributed by atoms with E-state index in [1.54, 1.807) is 0 Å². The second-order valence-corrected chi connectivity index (χ2v) is 6.51. The Kier molecular flexibility index (Phi) is 3.60. The summed E-state index contributed by atoms with van der Waals surface area (Å²) in [6.45, 7) is 8.89. The van der Waals surface area contributed by atoms with Crippen LogP contribution in [-0.4, -0.2) is 18.9 Å². The van der Waals surface area contributed by atoms with Crippen LogP contribution in [0.1, 0.15) is 59.3 Å². The lowest BCUT2D eigenvalue weighted by Crippen LogP contribution is -2.57. The Morgan fingerprint density at radius 3 is 2.69 bits per heavy atom. The van der Waals surface area contributed by atoms with Crippen molar-refractivity contribution in [3.05, 3.63) is 0 Å². The van der Waals surface area contributed by atoms with Crippen molar-refractivity contribution in [3.63, 3.8) is 0 Å². The summed E-state index contributed by atoms with van der Waals surface area (Å²) < 4.78 is 6.18. The lowest BCUT2D eigenvalue weighted by atomic mass is 9.89. The van der Waals surface area contributed by atoms with Crippen LogP contribution in [0.2, 0.25) is 0 Å². The van der Waals surface area contributed by atoms with E-state index in [9.17, 15) is 0 Å². The maximum Gasteiger partial charge on any atom is 0.119 e. The molecule has 16 heavy (non-hydrogen) atoms. The van der Waals surface area contributed by atoms with Crippen molar-refractivity contribution in [1.82, 2.24) is 5.32 Å². The van der Waals surface area contributed by atoms with Crippen molar-refractivity contribution in [3.8, 4) is 0 Å². The fraction of sp³-hybridized carbons (Fsp3) is 1.00. The van der Waals surface area contributed by atoms with E-state index in [0.29, 0.717) is 5.41 Å². The molecule has 2 unspecified atom stereocenters. The molecule has 2 nitrogen and oxygen atoms in total. The van der Waals surface area contributed by atoms with E-state index < -0.39 is 0 Å². The average Bonchev–Trinajstić information content (AvgIpc) is 2.46. The zero-order valence-electron chi connectivity index (χ0n) is 11.1. The fourth-order valence-corrected chi connectivity index (χ4v) is 2.95. The van der Waals surface area contributed by atoms with Gasteiger partial charge in [0.05, 0.1) is 6.61 Å². The summed E-state index contributed by atoms with van der Waals surface area (Å²) in [4.78, 5) is 0. The van der Waals surface area contributed by atoms with E-state index in [2.05, 4.69) is 26.1 Å². The molecule has 2 atom stereocenters. The molecule has 1 N–H and O–H groups in total. The van der Waals surface area contributed by atoms with E-state index >= 15 is 0 Å². The molecule has 0 radical (unpaired) electrons. The fourth-order valence-electron chi connectivity index (χ4n) is 2.95. The van der Waals surface area contributed by atoms with Crippen molar-refractivity contribution in [2.75, 3.05) is 13.2 Å². The number of ether oxygens (including phenoxy) is 1. The molecule has 0 aromatic carbocycles. The molecular weight excluding hydrogens is 198 g/mol. The van der Waals surface area contributed by atoms with Gasteiger partial charge in [-0.3, -0.25) is 5.32 Å². The molecule has 94 valence electrons. The standard InChI is InChI=1S/C14H27NO/c1-4-12-6-5-8-14(9-7-12)15-10-13(2,3)11-16-14/h12,15H,4-11H2,1-3H3. The highest BCUT2D eigenvalue weighted by Crippen LogP contribution is 2.36. The maximum absolute atomic E-state index is 6.18. The Bertz CT molecular complexity index is 227. The van der Waals surface area contributed by atoms with Crippen molar-refractivity contribution in [1.29, 1.82) is 0 Å². The first-order chi connectivity index (χ1) is 7.55. The van der Waals surface area contributed by atoms with Crippen molar-refractivity contribution in [2.45, 2.75) is 65.0 Å². The summed E-state index contributed by atoms with van der Waals surface area (Å²) >= 11 is 0. The summed E-state index contributed by atoms with van der Waals surface area (Å²) in [6, 6.07) is 0. The molecule has 2 heteroatoms. The third-order valence-electron chi connectivity index (χ3n) is 4.36. The molecule has 2 rings (SSSR count). The third-order valence-corrected chi connectivity index (χ3v) is 4.36. The van der Waals surface area contributed by atoms with Crippen molar-refractivity contribution in [2.24, 2.45) is 11.3 Å². The largest absolute Gasteiger partial charge is 0.360 e. The summed E-state index contributed by atoms with van der Waals surface area (Å²) in [7, 11) is 0. The first-order valence-corrected chi connectivity index (χ1v) is 6.94. The molecule has 1 saturated heterocycles. The van der Waals surface area contributed by atoms with E-state index in [-0.39, 0.29) is 5.72 Å². The van der Waals surface area contributed by atoms with Crippen LogP contribution in [0.25, 0.3) is 0 Å². The van der Waals surface area contributed by atoms with Gasteiger partial charge in [0.25, 0.3) is 0 Å². The summed E-state index contributed by atoms with van der Waals surface area (Å²) in [5.41, 5.74) is 0.334. The molecule has 0 aromatic heterocycles. The SMILES string of the molecule is CCC1CCCC2(CC1)NCC(C)(C)CO2. The van der Waals surface area contributed by atoms with E-state index in [1.165, 1.54) is 38.5 Å². The number of hydrogen-bond donors (Lipinski definition) is 1. The lowest BCUT2D eigenvalue weighted by Gasteiger charge is -2.44. The summed E-state index contributed by atoms with van der Waals surface area (Å²) in [5, 5.41) is 3.69. The van der Waals surface area contributed by atoms with E-state index in [0.717, 1.165) is 19.1 Å². The van der Waals surface area contributed by atoms with Gasteiger partial charge in [-0.25, -0.2) is 0 Å². The van der Waals surface area contributed by atoms with Gasteiger partial charge in [0.15, 0.2) is 0 Å². The van der Waals surface area contributed by atoms with Crippen LogP contribution < -0.4 is 5.32 Å². The summed E-state index contributed by atoms with van der Waals surface area (Å²) in [5.74, 6) is 0.930. The van der Waals surface area contributed by atoms with Gasteiger partial charge in [0.1, 0.15) is 5.72 Å². The molecule has 1 saturated carbocycles. The first-order valence-electron chi connectivity index (χ1n) is 6.94. The molecule has 1 aliphatic carbocycles. The second kappa shape index (κ2) is 4.66. The first kappa shape index (κ1) is 12.4. The van der Waals surface area contributed by atoms with Crippen LogP contribution in [0.3, 0.4) is 0 Å². The minimum Gasteiger partial charge on any atom is -0.360 e. The number of rotatable bonds is 1. The molecule has 1 heterocycles. The normalized spacial score (nSPS) is 39.6. The van der Waals surface area contributed by atoms with Crippen LogP contribution in [0.15, 0.2) is 0 Å². The number of hydrogen-bond acceptors (Lipinski definition) is 2. The van der Waals surface area contributed by atoms with E-state index in [1.807, 2.05) is 0 Å². The predicted molar refractivity (Wildman–Crippen MR) is 67.3 cm³/mol. The van der Waals surface area contributed by atoms with Gasteiger partial charge >= 0.3 is 0 Å². The van der Waals surface area contributed by atoms with Crippen molar-refractivity contribution >= 4 is 0 Å². The average molecular weight is 225 g/mol. The molecular formula is C14H27NO. The highest BCUT2D eigenvalue weighted by Gasteiger charge is 2.39. The monoisotopic (exact) mass is 225 g/mol. The Morgan fingerprint density at radius 1 is 1.25 bits per heavy atom. The zero-order chi connectivity index (χ0) is 11.6. The van der Waals surface area contributed by atoms with Gasteiger partial charge < -0.3 is 4.74 Å².